The van der Waals surface area contributed by atoms with Crippen LogP contribution in [-0.2, 0) is 20.9 Å². The van der Waals surface area contributed by atoms with Crippen molar-refractivity contribution >= 4 is 24.6 Å². The zero-order valence-corrected chi connectivity index (χ0v) is 9.84. The van der Waals surface area contributed by atoms with Gasteiger partial charge in [0, 0.05) is 0 Å². The number of nitrogens with two attached hydrogens (primary N) is 1. The van der Waals surface area contributed by atoms with Crippen LogP contribution in [0.3, 0.4) is 0 Å². The second-order valence-corrected chi connectivity index (χ2v) is 3.96. The van der Waals surface area contributed by atoms with Crippen LogP contribution in [-0.4, -0.2) is 28.3 Å². The van der Waals surface area contributed by atoms with Crippen molar-refractivity contribution in [2.24, 2.45) is 5.73 Å². The van der Waals surface area contributed by atoms with Gasteiger partial charge in [0.2, 0.25) is 0 Å². The number of hydrogen-bond acceptors (Lipinski definition) is 5. The van der Waals surface area contributed by atoms with Crippen LogP contribution in [0.15, 0.2) is 30.3 Å². The number of esters is 1. The first-order valence-electron chi connectivity index (χ1n) is 4.89. The number of thiol groups is 1. The summed E-state index contributed by atoms with van der Waals surface area (Å²) in [5, 5.41) is 7.43. The number of benzene rings is 1. The molecule has 0 radical (unpaired) electrons. The summed E-state index contributed by atoms with van der Waals surface area (Å²) < 4.78 is 4.90. The summed E-state index contributed by atoms with van der Waals surface area (Å²) in [4.78, 5) is 22.0. The second-order valence-electron chi connectivity index (χ2n) is 3.40. The van der Waals surface area contributed by atoms with Gasteiger partial charge in [-0.2, -0.15) is 12.6 Å². The van der Waals surface area contributed by atoms with E-state index in [1.807, 2.05) is 18.2 Å². The van der Waals surface area contributed by atoms with Gasteiger partial charge < -0.3 is 15.6 Å². The summed E-state index contributed by atoms with van der Waals surface area (Å²) in [5.74, 6) is -2.03. The molecule has 0 fully saturated rings. The molecule has 1 unspecified atom stereocenters. The van der Waals surface area contributed by atoms with Gasteiger partial charge in [0.1, 0.15) is 17.9 Å². The highest BCUT2D eigenvalue weighted by Crippen LogP contribution is 2.07. The van der Waals surface area contributed by atoms with Crippen LogP contribution in [0.25, 0.3) is 0 Å². The highest BCUT2D eigenvalue weighted by Gasteiger charge is 2.28. The molecule has 5 nitrogen and oxygen atoms in total. The Hall–Kier alpha value is -1.53. The molecule has 0 aliphatic carbocycles. The van der Waals surface area contributed by atoms with E-state index < -0.39 is 23.2 Å². The SMILES string of the molecule is N[C@H](C(=O)O)C(S)C(=O)OCc1ccccc1. The van der Waals surface area contributed by atoms with Crippen molar-refractivity contribution in [3.05, 3.63) is 35.9 Å². The molecule has 0 amide bonds. The normalized spacial score (nSPS) is 13.8. The average Bonchev–Trinajstić information content (AvgIpc) is 2.35. The lowest BCUT2D eigenvalue weighted by Gasteiger charge is -2.14. The van der Waals surface area contributed by atoms with Gasteiger partial charge in [0.25, 0.3) is 0 Å². The number of carbonyl (C=O) groups is 2. The number of carbonyl (C=O) groups excluding carboxylic acids is 1. The van der Waals surface area contributed by atoms with Crippen LogP contribution in [0.1, 0.15) is 5.56 Å². The third kappa shape index (κ3) is 4.08. The summed E-state index contributed by atoms with van der Waals surface area (Å²) in [7, 11) is 0. The van der Waals surface area contributed by atoms with E-state index in [4.69, 9.17) is 15.6 Å². The van der Waals surface area contributed by atoms with Gasteiger partial charge >= 0.3 is 11.9 Å². The number of aliphatic carboxylic acids is 1. The number of ether oxygens (including phenoxy) is 1. The maximum atomic E-state index is 11.4. The maximum absolute atomic E-state index is 11.4. The highest BCUT2D eigenvalue weighted by molar-refractivity contribution is 7.81. The van der Waals surface area contributed by atoms with Gasteiger partial charge in [-0.3, -0.25) is 9.59 Å². The third-order valence-corrected chi connectivity index (χ3v) is 2.62. The first-order valence-corrected chi connectivity index (χ1v) is 5.41. The Morgan fingerprint density at radius 2 is 1.94 bits per heavy atom. The summed E-state index contributed by atoms with van der Waals surface area (Å²) in [6.45, 7) is 0.0725. The van der Waals surface area contributed by atoms with E-state index in [0.29, 0.717) is 0 Å². The number of carboxylic acid groups (broad SMARTS) is 1. The fraction of sp³-hybridized carbons (Fsp3) is 0.273. The topological polar surface area (TPSA) is 89.6 Å². The van der Waals surface area contributed by atoms with Crippen molar-refractivity contribution in [3.63, 3.8) is 0 Å². The number of carboxylic acids is 1. The van der Waals surface area contributed by atoms with Crippen LogP contribution < -0.4 is 5.73 Å². The van der Waals surface area contributed by atoms with Crippen molar-refractivity contribution in [1.82, 2.24) is 0 Å². The van der Waals surface area contributed by atoms with Gasteiger partial charge in [0.05, 0.1) is 0 Å². The minimum absolute atomic E-state index is 0.0725. The van der Waals surface area contributed by atoms with Gasteiger partial charge in [-0.05, 0) is 5.56 Å². The van der Waals surface area contributed by atoms with Crippen LogP contribution >= 0.6 is 12.6 Å². The smallest absolute Gasteiger partial charge is 0.322 e. The summed E-state index contributed by atoms with van der Waals surface area (Å²) in [6.07, 6.45) is 0. The molecule has 0 aromatic heterocycles. The van der Waals surface area contributed by atoms with Crippen LogP contribution in [0.4, 0.5) is 0 Å². The monoisotopic (exact) mass is 255 g/mol. The maximum Gasteiger partial charge on any atom is 0.322 e. The molecule has 3 N–H and O–H groups in total. The Bertz CT molecular complexity index is 396. The molecule has 1 aromatic rings. The van der Waals surface area contributed by atoms with Crippen molar-refractivity contribution in [1.29, 1.82) is 0 Å². The first-order chi connectivity index (χ1) is 8.02. The Labute approximate surface area is 104 Å². The van der Waals surface area contributed by atoms with Gasteiger partial charge in [-0.15, -0.1) is 0 Å². The van der Waals surface area contributed by atoms with Crippen molar-refractivity contribution in [3.8, 4) is 0 Å². The summed E-state index contributed by atoms with van der Waals surface area (Å²) in [6, 6.07) is 7.67. The highest BCUT2D eigenvalue weighted by atomic mass is 32.1. The van der Waals surface area contributed by atoms with E-state index in [-0.39, 0.29) is 6.61 Å². The van der Waals surface area contributed by atoms with Crippen LogP contribution in [0, 0.1) is 0 Å². The fourth-order valence-corrected chi connectivity index (χ4v) is 1.30. The summed E-state index contributed by atoms with van der Waals surface area (Å²) >= 11 is 3.83. The minimum atomic E-state index is -1.37. The molecule has 0 saturated carbocycles. The molecule has 17 heavy (non-hydrogen) atoms. The lowest BCUT2D eigenvalue weighted by molar-refractivity contribution is -0.148. The zero-order valence-electron chi connectivity index (χ0n) is 8.95. The molecule has 0 bridgehead atoms. The molecule has 0 aliphatic rings. The van der Waals surface area contributed by atoms with Gasteiger partial charge in [-0.1, -0.05) is 30.3 Å². The van der Waals surface area contributed by atoms with Crippen molar-refractivity contribution in [2.75, 3.05) is 0 Å². The minimum Gasteiger partial charge on any atom is -0.480 e. The standard InChI is InChI=1S/C11H13NO4S/c12-8(10(13)14)9(17)11(15)16-6-7-4-2-1-3-5-7/h1-5,8-9,17H,6,12H2,(H,13,14)/t8-,9?/m0/s1. The molecule has 0 spiro atoms. The van der Waals surface area contributed by atoms with E-state index in [9.17, 15) is 9.59 Å². The van der Waals surface area contributed by atoms with Gasteiger partial charge in [-0.25, -0.2) is 0 Å². The van der Waals surface area contributed by atoms with E-state index in [1.54, 1.807) is 12.1 Å². The van der Waals surface area contributed by atoms with Crippen LogP contribution in [0.5, 0.6) is 0 Å². The van der Waals surface area contributed by atoms with E-state index >= 15 is 0 Å². The largest absolute Gasteiger partial charge is 0.480 e. The van der Waals surface area contributed by atoms with E-state index in [2.05, 4.69) is 12.6 Å². The van der Waals surface area contributed by atoms with Crippen molar-refractivity contribution in [2.45, 2.75) is 17.9 Å². The molecular formula is C11H13NO4S. The first kappa shape index (κ1) is 13.5. The number of hydrogen-bond donors (Lipinski definition) is 3. The molecule has 2 atom stereocenters. The quantitative estimate of drug-likeness (QED) is 0.525. The zero-order chi connectivity index (χ0) is 12.8. The molecule has 0 saturated heterocycles. The fourth-order valence-electron chi connectivity index (χ4n) is 1.10. The van der Waals surface area contributed by atoms with E-state index in [1.165, 1.54) is 0 Å². The molecule has 6 heteroatoms. The predicted octanol–water partition coefficient (Wildman–Crippen LogP) is 0.440. The number of rotatable bonds is 5. The molecule has 92 valence electrons. The Morgan fingerprint density at radius 3 is 2.47 bits per heavy atom. The van der Waals surface area contributed by atoms with Crippen molar-refractivity contribution < 1.29 is 19.4 Å². The molecular weight excluding hydrogens is 242 g/mol. The Morgan fingerprint density at radius 1 is 1.35 bits per heavy atom. The Balaban J connectivity index is 2.47. The average molecular weight is 255 g/mol. The molecule has 1 aromatic carbocycles. The third-order valence-electron chi connectivity index (χ3n) is 2.09. The lowest BCUT2D eigenvalue weighted by atomic mass is 10.2. The van der Waals surface area contributed by atoms with Crippen LogP contribution in [0.2, 0.25) is 0 Å². The second kappa shape index (κ2) is 6.27. The summed E-state index contributed by atoms with van der Waals surface area (Å²) in [5.41, 5.74) is 6.06. The van der Waals surface area contributed by atoms with E-state index in [0.717, 1.165) is 5.56 Å². The van der Waals surface area contributed by atoms with Gasteiger partial charge in [0.15, 0.2) is 0 Å². The Kier molecular flexibility index (Phi) is 4.99. The molecule has 1 rings (SSSR count). The predicted molar refractivity (Wildman–Crippen MR) is 64.6 cm³/mol. The molecule has 0 aliphatic heterocycles. The molecule has 0 heterocycles. The lowest BCUT2D eigenvalue weighted by Crippen LogP contribution is -2.43.